The fraction of sp³-hybridized carbons (Fsp3) is 0.455. The average Bonchev–Trinajstić information content (AvgIpc) is 2.23. The zero-order valence-corrected chi connectivity index (χ0v) is 11.9. The zero-order valence-electron chi connectivity index (χ0n) is 9.52. The van der Waals surface area contributed by atoms with Crippen LogP contribution in [-0.2, 0) is 0 Å². The van der Waals surface area contributed by atoms with E-state index in [0.717, 1.165) is 31.6 Å². The summed E-state index contributed by atoms with van der Waals surface area (Å²) in [4.78, 5) is 0. The second-order valence-electron chi connectivity index (χ2n) is 3.38. The molecule has 0 unspecified atom stereocenters. The van der Waals surface area contributed by atoms with Crippen molar-refractivity contribution in [2.24, 2.45) is 5.73 Å². The van der Waals surface area contributed by atoms with Gasteiger partial charge in [-0.15, -0.1) is 24.8 Å². The van der Waals surface area contributed by atoms with Crippen LogP contribution >= 0.6 is 36.4 Å². The molecule has 0 spiro atoms. The number of nitrogen functional groups attached to an aromatic ring is 1. The molecule has 1 rings (SSSR count). The van der Waals surface area contributed by atoms with Crippen LogP contribution in [0.2, 0.25) is 5.02 Å². The van der Waals surface area contributed by atoms with Crippen molar-refractivity contribution in [1.82, 2.24) is 0 Å². The van der Waals surface area contributed by atoms with Gasteiger partial charge < -0.3 is 16.2 Å². The highest BCUT2D eigenvalue weighted by atomic mass is 35.5. The Morgan fingerprint density at radius 2 is 1.82 bits per heavy atom. The molecule has 1 aromatic rings. The van der Waals surface area contributed by atoms with Crippen molar-refractivity contribution in [2.45, 2.75) is 19.3 Å². The van der Waals surface area contributed by atoms with E-state index in [-0.39, 0.29) is 24.8 Å². The lowest BCUT2D eigenvalue weighted by atomic mass is 10.2. The molecule has 4 N–H and O–H groups in total. The standard InChI is InChI=1S/C11H17ClN2O.2ClH/c12-10-8-9(4-5-11(10)14)15-7-3-1-2-6-13;;/h4-5,8H,1-3,6-7,13-14H2;2*1H. The number of halogens is 3. The number of rotatable bonds is 6. The van der Waals surface area contributed by atoms with Crippen LogP contribution in [0.5, 0.6) is 5.75 Å². The SMILES string of the molecule is Cl.Cl.NCCCCCOc1ccc(N)c(Cl)c1. The van der Waals surface area contributed by atoms with Crippen molar-refractivity contribution in [1.29, 1.82) is 0 Å². The Bertz CT molecular complexity index is 311. The summed E-state index contributed by atoms with van der Waals surface area (Å²) >= 11 is 5.85. The molecule has 0 amide bonds. The fourth-order valence-corrected chi connectivity index (χ4v) is 1.38. The van der Waals surface area contributed by atoms with Gasteiger partial charge in [0.2, 0.25) is 0 Å². The summed E-state index contributed by atoms with van der Waals surface area (Å²) in [5.41, 5.74) is 11.5. The van der Waals surface area contributed by atoms with E-state index in [4.69, 9.17) is 27.8 Å². The number of benzene rings is 1. The summed E-state index contributed by atoms with van der Waals surface area (Å²) < 4.78 is 5.51. The van der Waals surface area contributed by atoms with Crippen molar-refractivity contribution >= 4 is 42.1 Å². The van der Waals surface area contributed by atoms with E-state index in [1.807, 2.05) is 6.07 Å². The average molecular weight is 302 g/mol. The lowest BCUT2D eigenvalue weighted by Gasteiger charge is -2.07. The van der Waals surface area contributed by atoms with E-state index in [1.54, 1.807) is 12.1 Å². The molecule has 0 fully saturated rings. The summed E-state index contributed by atoms with van der Waals surface area (Å²) in [6, 6.07) is 5.31. The van der Waals surface area contributed by atoms with Crippen LogP contribution in [0.25, 0.3) is 0 Å². The molecule has 17 heavy (non-hydrogen) atoms. The summed E-state index contributed by atoms with van der Waals surface area (Å²) in [6.45, 7) is 1.44. The Morgan fingerprint density at radius 1 is 1.12 bits per heavy atom. The molecule has 100 valence electrons. The molecule has 6 heteroatoms. The maximum absolute atomic E-state index is 5.85. The minimum absolute atomic E-state index is 0. The lowest BCUT2D eigenvalue weighted by Crippen LogP contribution is -2.01. The van der Waals surface area contributed by atoms with E-state index in [1.165, 1.54) is 0 Å². The molecule has 0 aliphatic carbocycles. The van der Waals surface area contributed by atoms with Crippen molar-refractivity contribution < 1.29 is 4.74 Å². The highest BCUT2D eigenvalue weighted by molar-refractivity contribution is 6.33. The minimum Gasteiger partial charge on any atom is -0.494 e. The van der Waals surface area contributed by atoms with Crippen LogP contribution in [0.15, 0.2) is 18.2 Å². The number of unbranched alkanes of at least 4 members (excludes halogenated alkanes) is 2. The van der Waals surface area contributed by atoms with Crippen LogP contribution in [0.4, 0.5) is 5.69 Å². The number of nitrogens with two attached hydrogens (primary N) is 2. The number of hydrogen-bond donors (Lipinski definition) is 2. The molecule has 3 nitrogen and oxygen atoms in total. The van der Waals surface area contributed by atoms with Gasteiger partial charge >= 0.3 is 0 Å². The molecule has 0 atom stereocenters. The van der Waals surface area contributed by atoms with Gasteiger partial charge in [-0.2, -0.15) is 0 Å². The van der Waals surface area contributed by atoms with Crippen LogP contribution in [-0.4, -0.2) is 13.2 Å². The van der Waals surface area contributed by atoms with E-state index >= 15 is 0 Å². The molecule has 1 aromatic carbocycles. The van der Waals surface area contributed by atoms with E-state index in [0.29, 0.717) is 17.3 Å². The maximum atomic E-state index is 5.85. The molecule has 0 aromatic heterocycles. The van der Waals surface area contributed by atoms with Gasteiger partial charge in [-0.05, 0) is 37.9 Å². The van der Waals surface area contributed by atoms with Crippen LogP contribution in [0.1, 0.15) is 19.3 Å². The van der Waals surface area contributed by atoms with Gasteiger partial charge in [0.1, 0.15) is 5.75 Å². The molecule has 0 saturated carbocycles. The number of anilines is 1. The summed E-state index contributed by atoms with van der Waals surface area (Å²) in [7, 11) is 0. The molecule has 0 aliphatic heterocycles. The van der Waals surface area contributed by atoms with E-state index < -0.39 is 0 Å². The predicted octanol–water partition coefficient (Wildman–Crippen LogP) is 3.27. The Kier molecular flexibility index (Phi) is 12.1. The number of hydrogen-bond acceptors (Lipinski definition) is 3. The third-order valence-corrected chi connectivity index (χ3v) is 2.42. The van der Waals surface area contributed by atoms with Gasteiger partial charge in [-0.1, -0.05) is 11.6 Å². The minimum atomic E-state index is 0. The quantitative estimate of drug-likeness (QED) is 0.626. The Balaban J connectivity index is 0. The Hall–Kier alpha value is -0.350. The van der Waals surface area contributed by atoms with E-state index in [9.17, 15) is 0 Å². The van der Waals surface area contributed by atoms with Gasteiger partial charge in [0.15, 0.2) is 0 Å². The molecule has 0 bridgehead atoms. The first-order valence-electron chi connectivity index (χ1n) is 5.12. The lowest BCUT2D eigenvalue weighted by molar-refractivity contribution is 0.306. The Morgan fingerprint density at radius 3 is 2.41 bits per heavy atom. The molecular weight excluding hydrogens is 282 g/mol. The molecule has 0 radical (unpaired) electrons. The largest absolute Gasteiger partial charge is 0.494 e. The van der Waals surface area contributed by atoms with Gasteiger partial charge in [-0.25, -0.2) is 0 Å². The van der Waals surface area contributed by atoms with Crippen molar-refractivity contribution in [3.8, 4) is 5.75 Å². The second kappa shape index (κ2) is 10.8. The molecule has 0 aliphatic rings. The van der Waals surface area contributed by atoms with Gasteiger partial charge in [0.25, 0.3) is 0 Å². The van der Waals surface area contributed by atoms with Crippen LogP contribution in [0.3, 0.4) is 0 Å². The van der Waals surface area contributed by atoms with Crippen molar-refractivity contribution in [2.75, 3.05) is 18.9 Å². The summed E-state index contributed by atoms with van der Waals surface area (Å²) in [5, 5.41) is 0.537. The predicted molar refractivity (Wildman–Crippen MR) is 78.8 cm³/mol. The first-order chi connectivity index (χ1) is 7.24. The normalized spacial score (nSPS) is 9.06. The highest BCUT2D eigenvalue weighted by Crippen LogP contribution is 2.24. The molecule has 0 heterocycles. The summed E-state index contributed by atoms with van der Waals surface area (Å²) in [5.74, 6) is 0.766. The first-order valence-corrected chi connectivity index (χ1v) is 5.49. The second-order valence-corrected chi connectivity index (χ2v) is 3.79. The van der Waals surface area contributed by atoms with Crippen LogP contribution in [0, 0.1) is 0 Å². The molecular formula is C11H19Cl3N2O. The Labute approximate surface area is 120 Å². The maximum Gasteiger partial charge on any atom is 0.120 e. The van der Waals surface area contributed by atoms with Gasteiger partial charge in [0, 0.05) is 6.07 Å². The highest BCUT2D eigenvalue weighted by Gasteiger charge is 1.98. The van der Waals surface area contributed by atoms with Crippen LogP contribution < -0.4 is 16.2 Å². The summed E-state index contributed by atoms with van der Waals surface area (Å²) in [6.07, 6.45) is 3.16. The monoisotopic (exact) mass is 300 g/mol. The smallest absolute Gasteiger partial charge is 0.120 e. The first kappa shape index (κ1) is 19.0. The van der Waals surface area contributed by atoms with Crippen molar-refractivity contribution in [3.63, 3.8) is 0 Å². The van der Waals surface area contributed by atoms with E-state index in [2.05, 4.69) is 0 Å². The molecule has 0 saturated heterocycles. The number of ether oxygens (including phenoxy) is 1. The fourth-order valence-electron chi connectivity index (χ4n) is 1.21. The zero-order chi connectivity index (χ0) is 11.1. The topological polar surface area (TPSA) is 61.3 Å². The third kappa shape index (κ3) is 7.55. The third-order valence-electron chi connectivity index (χ3n) is 2.09. The van der Waals surface area contributed by atoms with Gasteiger partial charge in [0.05, 0.1) is 17.3 Å². The van der Waals surface area contributed by atoms with Crippen molar-refractivity contribution in [3.05, 3.63) is 23.2 Å². The van der Waals surface area contributed by atoms with Gasteiger partial charge in [-0.3, -0.25) is 0 Å².